The standard InChI is InChI=1S/C33H30F2N4O3S2/c1-18(2)21-6-8-22(9-7-21)24-16-23(10-11-26(24)34)31-25(13-20-5-12-30(44(36)42)27(35)14-20)29(15-19-3-4-19)39(38-31)33-37-28(17-43-33)32(40)41/h5-12,14,16-19H,3-4,13,15,36H2,1-2H3,(H,40,41). The quantitative estimate of drug-likeness (QED) is 0.156. The van der Waals surface area contributed by atoms with Crippen molar-refractivity contribution in [2.45, 2.75) is 50.3 Å². The van der Waals surface area contributed by atoms with Crippen molar-refractivity contribution in [1.82, 2.24) is 14.8 Å². The minimum absolute atomic E-state index is 0.0812. The van der Waals surface area contributed by atoms with Crippen LogP contribution in [-0.4, -0.2) is 30.4 Å². The van der Waals surface area contributed by atoms with Gasteiger partial charge in [0.1, 0.15) is 5.82 Å². The van der Waals surface area contributed by atoms with Gasteiger partial charge in [0.05, 0.1) is 22.7 Å². The Bertz CT molecular complexity index is 1850. The maximum absolute atomic E-state index is 15.3. The largest absolute Gasteiger partial charge is 0.593 e. The fourth-order valence-corrected chi connectivity index (χ4v) is 6.51. The van der Waals surface area contributed by atoms with Crippen molar-refractivity contribution in [3.05, 3.63) is 106 Å². The molecule has 1 fully saturated rings. The Balaban J connectivity index is 1.51. The summed E-state index contributed by atoms with van der Waals surface area (Å²) in [5.41, 5.74) is 5.71. The molecular formula is C33H30F2N4O3S2. The first-order valence-corrected chi connectivity index (χ1v) is 16.3. The first-order chi connectivity index (χ1) is 21.1. The molecule has 44 heavy (non-hydrogen) atoms. The topological polar surface area (TPSA) is 117 Å². The number of hydrogen-bond acceptors (Lipinski definition) is 6. The number of carboxylic acid groups (broad SMARTS) is 1. The third-order valence-electron chi connectivity index (χ3n) is 7.88. The Morgan fingerprint density at radius 3 is 2.43 bits per heavy atom. The van der Waals surface area contributed by atoms with Gasteiger partial charge in [0, 0.05) is 28.5 Å². The number of carboxylic acids is 1. The molecule has 1 aliphatic carbocycles. The van der Waals surface area contributed by atoms with Crippen LogP contribution in [0.1, 0.15) is 65.5 Å². The summed E-state index contributed by atoms with van der Waals surface area (Å²) in [5, 5.41) is 21.8. The van der Waals surface area contributed by atoms with Gasteiger partial charge in [-0.05, 0) is 78.1 Å². The average Bonchev–Trinajstić information content (AvgIpc) is 3.55. The molecule has 3 N–H and O–H groups in total. The number of thiazole rings is 1. The highest BCUT2D eigenvalue weighted by Gasteiger charge is 2.30. The molecule has 1 unspecified atom stereocenters. The summed E-state index contributed by atoms with van der Waals surface area (Å²) in [6, 6.07) is 17.1. The van der Waals surface area contributed by atoms with Crippen LogP contribution in [0.2, 0.25) is 0 Å². The number of halogens is 2. The van der Waals surface area contributed by atoms with E-state index in [1.807, 2.05) is 24.3 Å². The molecule has 0 spiro atoms. The van der Waals surface area contributed by atoms with Gasteiger partial charge in [0.15, 0.2) is 11.5 Å². The van der Waals surface area contributed by atoms with Gasteiger partial charge in [-0.25, -0.2) is 23.2 Å². The Kier molecular flexibility index (Phi) is 8.38. The minimum Gasteiger partial charge on any atom is -0.593 e. The monoisotopic (exact) mass is 632 g/mol. The van der Waals surface area contributed by atoms with Crippen molar-refractivity contribution >= 4 is 28.7 Å². The second kappa shape index (κ2) is 12.2. The fourth-order valence-electron chi connectivity index (χ4n) is 5.29. The molecule has 11 heteroatoms. The molecule has 5 aromatic rings. The Labute approximate surface area is 260 Å². The third kappa shape index (κ3) is 6.18. The maximum Gasteiger partial charge on any atom is 0.355 e. The van der Waals surface area contributed by atoms with Crippen molar-refractivity contribution < 1.29 is 23.2 Å². The van der Waals surface area contributed by atoms with E-state index >= 15 is 4.39 Å². The molecule has 0 aliphatic heterocycles. The van der Waals surface area contributed by atoms with Gasteiger partial charge in [-0.2, -0.15) is 5.10 Å². The molecular weight excluding hydrogens is 603 g/mol. The number of hydrogen-bond donors (Lipinski definition) is 2. The van der Waals surface area contributed by atoms with Crippen molar-refractivity contribution in [2.75, 3.05) is 0 Å². The van der Waals surface area contributed by atoms with Gasteiger partial charge >= 0.3 is 5.97 Å². The lowest BCUT2D eigenvalue weighted by Crippen LogP contribution is -2.14. The van der Waals surface area contributed by atoms with E-state index in [0.717, 1.165) is 35.2 Å². The summed E-state index contributed by atoms with van der Waals surface area (Å²) in [5.74, 6) is -1.40. The third-order valence-corrected chi connectivity index (χ3v) is 9.46. The summed E-state index contributed by atoms with van der Waals surface area (Å²) in [6.45, 7) is 4.20. The Morgan fingerprint density at radius 1 is 1.09 bits per heavy atom. The average molecular weight is 633 g/mol. The first-order valence-electron chi connectivity index (χ1n) is 14.2. The molecule has 6 rings (SSSR count). The SMILES string of the molecule is CC(C)c1ccc(-c2cc(-c3nn(-c4nc(C(=O)O)cs4)c(CC4CC4)c3Cc3ccc([S+](N)[O-])c(F)c3)ccc2F)cc1. The predicted molar refractivity (Wildman–Crippen MR) is 167 cm³/mol. The summed E-state index contributed by atoms with van der Waals surface area (Å²) < 4.78 is 43.6. The van der Waals surface area contributed by atoms with Crippen LogP contribution in [-0.2, 0) is 24.2 Å². The van der Waals surface area contributed by atoms with Crippen LogP contribution in [0.5, 0.6) is 0 Å². The number of carbonyl (C=O) groups is 1. The van der Waals surface area contributed by atoms with Crippen LogP contribution in [0.25, 0.3) is 27.5 Å². The zero-order chi connectivity index (χ0) is 31.1. The lowest BCUT2D eigenvalue weighted by atomic mass is 9.94. The van der Waals surface area contributed by atoms with Crippen molar-refractivity contribution in [3.8, 4) is 27.5 Å². The van der Waals surface area contributed by atoms with E-state index in [0.29, 0.717) is 45.8 Å². The lowest BCUT2D eigenvalue weighted by Gasteiger charge is -2.11. The van der Waals surface area contributed by atoms with Crippen LogP contribution >= 0.6 is 11.3 Å². The van der Waals surface area contributed by atoms with Gasteiger partial charge in [-0.3, -0.25) is 0 Å². The Hall–Kier alpha value is -3.90. The molecule has 1 saturated carbocycles. The van der Waals surface area contributed by atoms with E-state index in [4.69, 9.17) is 10.2 Å². The van der Waals surface area contributed by atoms with Gasteiger partial charge in [0.2, 0.25) is 10.0 Å². The molecule has 0 saturated heterocycles. The summed E-state index contributed by atoms with van der Waals surface area (Å²) >= 11 is -0.794. The van der Waals surface area contributed by atoms with Crippen molar-refractivity contribution in [1.29, 1.82) is 0 Å². The summed E-state index contributed by atoms with van der Waals surface area (Å²) in [6.07, 6.45) is 3.05. The van der Waals surface area contributed by atoms with E-state index in [2.05, 4.69) is 18.8 Å². The first kappa shape index (κ1) is 30.1. The molecule has 0 radical (unpaired) electrons. The number of aromatic nitrogens is 3. The molecule has 2 heterocycles. The Morgan fingerprint density at radius 2 is 1.82 bits per heavy atom. The van der Waals surface area contributed by atoms with Crippen molar-refractivity contribution in [3.63, 3.8) is 0 Å². The number of nitrogens with zero attached hydrogens (tertiary/aromatic N) is 3. The number of aromatic carboxylic acids is 1. The molecule has 0 bridgehead atoms. The molecule has 1 atom stereocenters. The highest BCUT2D eigenvalue weighted by Crippen LogP contribution is 2.39. The molecule has 0 amide bonds. The second-order valence-corrected chi connectivity index (χ2v) is 13.2. The van der Waals surface area contributed by atoms with E-state index < -0.39 is 23.1 Å². The summed E-state index contributed by atoms with van der Waals surface area (Å²) in [7, 11) is 0. The normalized spacial score (nSPS) is 13.9. The van der Waals surface area contributed by atoms with Gasteiger partial charge < -0.3 is 9.66 Å². The van der Waals surface area contributed by atoms with Gasteiger partial charge in [-0.15, -0.1) is 16.5 Å². The van der Waals surface area contributed by atoms with Crippen LogP contribution in [0.3, 0.4) is 0 Å². The van der Waals surface area contributed by atoms with E-state index in [1.54, 1.807) is 22.9 Å². The second-order valence-electron chi connectivity index (χ2n) is 11.4. The van der Waals surface area contributed by atoms with Gasteiger partial charge in [-0.1, -0.05) is 44.2 Å². The maximum atomic E-state index is 15.3. The predicted octanol–water partition coefficient (Wildman–Crippen LogP) is 7.29. The van der Waals surface area contributed by atoms with Crippen LogP contribution in [0.15, 0.2) is 70.9 Å². The van der Waals surface area contributed by atoms with Crippen LogP contribution in [0.4, 0.5) is 8.78 Å². The van der Waals surface area contributed by atoms with E-state index in [-0.39, 0.29) is 22.8 Å². The molecule has 3 aromatic carbocycles. The molecule has 7 nitrogen and oxygen atoms in total. The fraction of sp³-hybridized carbons (Fsp3) is 0.242. The number of nitrogens with two attached hydrogens (primary N) is 1. The van der Waals surface area contributed by atoms with Crippen molar-refractivity contribution in [2.24, 2.45) is 11.1 Å². The van der Waals surface area contributed by atoms with Gasteiger partial charge in [0.25, 0.3) is 0 Å². The lowest BCUT2D eigenvalue weighted by molar-refractivity contribution is 0.0691. The van der Waals surface area contributed by atoms with E-state index in [9.17, 15) is 18.8 Å². The molecule has 226 valence electrons. The molecule has 1 aliphatic rings. The highest BCUT2D eigenvalue weighted by molar-refractivity contribution is 7.89. The van der Waals surface area contributed by atoms with Crippen LogP contribution < -0.4 is 5.14 Å². The summed E-state index contributed by atoms with van der Waals surface area (Å²) in [4.78, 5) is 15.9. The molecule has 2 aromatic heterocycles. The zero-order valence-electron chi connectivity index (χ0n) is 24.1. The highest BCUT2D eigenvalue weighted by atomic mass is 32.2. The van der Waals surface area contributed by atoms with E-state index in [1.165, 1.54) is 34.9 Å². The number of rotatable bonds is 10. The smallest absolute Gasteiger partial charge is 0.355 e. The minimum atomic E-state index is -1.97. The number of benzene rings is 3. The van der Waals surface area contributed by atoms with Crippen LogP contribution in [0, 0.1) is 17.6 Å². The zero-order valence-corrected chi connectivity index (χ0v) is 25.7.